The lowest BCUT2D eigenvalue weighted by atomic mass is 10.1. The van der Waals surface area contributed by atoms with Crippen LogP contribution in [0.15, 0.2) is 54.6 Å². The van der Waals surface area contributed by atoms with E-state index in [4.69, 9.17) is 0 Å². The van der Waals surface area contributed by atoms with Gasteiger partial charge < -0.3 is 5.32 Å². The molecule has 0 aliphatic rings. The molecular formula is C19H20N2. The minimum absolute atomic E-state index is 0.815. The Morgan fingerprint density at radius 2 is 1.76 bits per heavy atom. The van der Waals surface area contributed by atoms with Crippen LogP contribution in [0.2, 0.25) is 0 Å². The van der Waals surface area contributed by atoms with Crippen LogP contribution in [0.25, 0.3) is 10.9 Å². The molecule has 1 heterocycles. The maximum absolute atomic E-state index is 4.59. The molecule has 21 heavy (non-hydrogen) atoms. The summed E-state index contributed by atoms with van der Waals surface area (Å²) in [5.74, 6) is 0. The molecule has 1 N–H and O–H groups in total. The minimum Gasteiger partial charge on any atom is -0.381 e. The number of nitrogens with zero attached hydrogens (tertiary/aromatic N) is 1. The zero-order chi connectivity index (χ0) is 14.7. The topological polar surface area (TPSA) is 24.9 Å². The van der Waals surface area contributed by atoms with Gasteiger partial charge in [0.2, 0.25) is 0 Å². The second kappa shape index (κ2) is 5.96. The van der Waals surface area contributed by atoms with E-state index in [9.17, 15) is 0 Å². The number of para-hydroxylation sites is 1. The van der Waals surface area contributed by atoms with E-state index in [1.807, 2.05) is 13.0 Å². The van der Waals surface area contributed by atoms with Crippen LogP contribution in [0, 0.1) is 6.92 Å². The second-order valence-corrected chi connectivity index (χ2v) is 5.34. The van der Waals surface area contributed by atoms with Crippen molar-refractivity contribution in [2.75, 3.05) is 5.32 Å². The second-order valence-electron chi connectivity index (χ2n) is 5.34. The summed E-state index contributed by atoms with van der Waals surface area (Å²) in [5.41, 5.74) is 5.94. The number of fused-ring (bicyclic) bond motifs is 1. The molecule has 2 aromatic carbocycles. The van der Waals surface area contributed by atoms with Gasteiger partial charge in [0.1, 0.15) is 0 Å². The van der Waals surface area contributed by atoms with Gasteiger partial charge in [0.15, 0.2) is 0 Å². The molecular weight excluding hydrogens is 256 g/mol. The van der Waals surface area contributed by atoms with E-state index in [1.54, 1.807) is 0 Å². The highest BCUT2D eigenvalue weighted by Crippen LogP contribution is 2.20. The van der Waals surface area contributed by atoms with E-state index in [2.05, 4.69) is 65.8 Å². The Kier molecular flexibility index (Phi) is 3.87. The summed E-state index contributed by atoms with van der Waals surface area (Å²) in [6.07, 6.45) is 1.08. The Morgan fingerprint density at radius 1 is 1.00 bits per heavy atom. The molecule has 0 spiro atoms. The van der Waals surface area contributed by atoms with Crippen molar-refractivity contribution >= 4 is 16.6 Å². The fourth-order valence-corrected chi connectivity index (χ4v) is 2.60. The number of pyridine rings is 1. The molecule has 0 amide bonds. The van der Waals surface area contributed by atoms with Gasteiger partial charge in [0, 0.05) is 23.3 Å². The first-order chi connectivity index (χ1) is 10.3. The van der Waals surface area contributed by atoms with Gasteiger partial charge in [0.25, 0.3) is 0 Å². The highest BCUT2D eigenvalue weighted by Gasteiger charge is 2.03. The zero-order valence-corrected chi connectivity index (χ0v) is 12.6. The number of aromatic nitrogens is 1. The van der Waals surface area contributed by atoms with Crippen LogP contribution in [-0.2, 0) is 13.0 Å². The number of aryl methyl sites for hydroxylation is 2. The predicted octanol–water partition coefficient (Wildman–Crippen LogP) is 4.72. The molecule has 0 aliphatic carbocycles. The predicted molar refractivity (Wildman–Crippen MR) is 89.6 cm³/mol. The van der Waals surface area contributed by atoms with E-state index in [-0.39, 0.29) is 0 Å². The van der Waals surface area contributed by atoms with Gasteiger partial charge in [-0.15, -0.1) is 0 Å². The molecule has 0 atom stereocenters. The van der Waals surface area contributed by atoms with Crippen molar-refractivity contribution in [1.29, 1.82) is 0 Å². The first kappa shape index (κ1) is 13.6. The smallest absolute Gasteiger partial charge is 0.0708 e. The van der Waals surface area contributed by atoms with Crippen LogP contribution in [-0.4, -0.2) is 4.98 Å². The van der Waals surface area contributed by atoms with Crippen molar-refractivity contribution in [2.45, 2.75) is 26.8 Å². The monoisotopic (exact) mass is 276 g/mol. The Balaban J connectivity index is 1.84. The Hall–Kier alpha value is -2.35. The number of rotatable bonds is 4. The lowest BCUT2D eigenvalue weighted by Gasteiger charge is -2.10. The molecule has 2 nitrogen and oxygen atoms in total. The number of nitrogens with one attached hydrogen (secondary N) is 1. The fourth-order valence-electron chi connectivity index (χ4n) is 2.60. The average Bonchev–Trinajstić information content (AvgIpc) is 2.53. The summed E-state index contributed by atoms with van der Waals surface area (Å²) in [5, 5.41) is 4.73. The molecule has 2 heteroatoms. The molecule has 0 fully saturated rings. The summed E-state index contributed by atoms with van der Waals surface area (Å²) >= 11 is 0. The summed E-state index contributed by atoms with van der Waals surface area (Å²) in [6, 6.07) is 19.1. The van der Waals surface area contributed by atoms with Crippen molar-refractivity contribution in [3.8, 4) is 0 Å². The molecule has 0 unspecified atom stereocenters. The Bertz CT molecular complexity index is 745. The van der Waals surface area contributed by atoms with Crippen LogP contribution < -0.4 is 5.32 Å². The van der Waals surface area contributed by atoms with Crippen LogP contribution in [0.1, 0.15) is 23.7 Å². The summed E-state index contributed by atoms with van der Waals surface area (Å²) in [4.78, 5) is 4.59. The molecule has 0 aliphatic heterocycles. The van der Waals surface area contributed by atoms with Crippen molar-refractivity contribution in [3.63, 3.8) is 0 Å². The lowest BCUT2D eigenvalue weighted by Crippen LogP contribution is -2.01. The molecule has 0 saturated heterocycles. The Labute approximate surface area is 125 Å². The number of benzene rings is 2. The highest BCUT2D eigenvalue weighted by atomic mass is 14.9. The summed E-state index contributed by atoms with van der Waals surface area (Å²) in [7, 11) is 0. The van der Waals surface area contributed by atoms with Gasteiger partial charge >= 0.3 is 0 Å². The molecule has 106 valence electrons. The van der Waals surface area contributed by atoms with E-state index >= 15 is 0 Å². The van der Waals surface area contributed by atoms with E-state index in [1.165, 1.54) is 16.5 Å². The van der Waals surface area contributed by atoms with Gasteiger partial charge in [-0.1, -0.05) is 37.3 Å². The maximum Gasteiger partial charge on any atom is 0.0708 e. The van der Waals surface area contributed by atoms with Crippen molar-refractivity contribution < 1.29 is 0 Å². The average molecular weight is 276 g/mol. The Morgan fingerprint density at radius 3 is 2.52 bits per heavy atom. The summed E-state index contributed by atoms with van der Waals surface area (Å²) in [6.45, 7) is 5.04. The molecule has 0 saturated carbocycles. The number of hydrogen-bond acceptors (Lipinski definition) is 2. The van der Waals surface area contributed by atoms with Gasteiger partial charge in [0.05, 0.1) is 5.52 Å². The summed E-state index contributed by atoms with van der Waals surface area (Å²) < 4.78 is 0. The SMILES string of the molecule is CCc1ccc(NCc2cc(C)nc3ccccc23)cc1. The standard InChI is InChI=1S/C19H20N2/c1-3-15-8-10-17(11-9-15)20-13-16-12-14(2)21-19-7-5-4-6-18(16)19/h4-12,20H,3,13H2,1-2H3. The first-order valence-corrected chi connectivity index (χ1v) is 7.44. The molecule has 0 radical (unpaired) electrons. The number of hydrogen-bond donors (Lipinski definition) is 1. The third-order valence-corrected chi connectivity index (χ3v) is 3.78. The highest BCUT2D eigenvalue weighted by molar-refractivity contribution is 5.82. The van der Waals surface area contributed by atoms with Crippen molar-refractivity contribution in [2.24, 2.45) is 0 Å². The van der Waals surface area contributed by atoms with Gasteiger partial charge in [-0.2, -0.15) is 0 Å². The first-order valence-electron chi connectivity index (χ1n) is 7.44. The molecule has 3 aromatic rings. The van der Waals surface area contributed by atoms with Crippen LogP contribution in [0.4, 0.5) is 5.69 Å². The van der Waals surface area contributed by atoms with Crippen LogP contribution in [0.3, 0.4) is 0 Å². The third-order valence-electron chi connectivity index (χ3n) is 3.78. The van der Waals surface area contributed by atoms with Gasteiger partial charge in [-0.25, -0.2) is 0 Å². The fraction of sp³-hybridized carbons (Fsp3) is 0.211. The number of anilines is 1. The molecule has 3 rings (SSSR count). The normalized spacial score (nSPS) is 10.8. The largest absolute Gasteiger partial charge is 0.381 e. The molecule has 0 bridgehead atoms. The zero-order valence-electron chi connectivity index (χ0n) is 12.6. The quantitative estimate of drug-likeness (QED) is 0.746. The minimum atomic E-state index is 0.815. The molecule has 1 aromatic heterocycles. The van der Waals surface area contributed by atoms with E-state index in [0.29, 0.717) is 0 Å². The lowest BCUT2D eigenvalue weighted by molar-refractivity contribution is 1.12. The van der Waals surface area contributed by atoms with E-state index in [0.717, 1.165) is 29.9 Å². The van der Waals surface area contributed by atoms with Crippen LogP contribution >= 0.6 is 0 Å². The third kappa shape index (κ3) is 3.05. The van der Waals surface area contributed by atoms with Crippen molar-refractivity contribution in [1.82, 2.24) is 4.98 Å². The van der Waals surface area contributed by atoms with E-state index < -0.39 is 0 Å². The van der Waals surface area contributed by atoms with Gasteiger partial charge in [-0.05, 0) is 48.7 Å². The van der Waals surface area contributed by atoms with Crippen molar-refractivity contribution in [3.05, 3.63) is 71.4 Å². The van der Waals surface area contributed by atoms with Gasteiger partial charge in [-0.3, -0.25) is 4.98 Å². The van der Waals surface area contributed by atoms with Crippen LogP contribution in [0.5, 0.6) is 0 Å². The maximum atomic E-state index is 4.59.